The molecule has 0 aromatic carbocycles. The molecule has 0 aliphatic carbocycles. The summed E-state index contributed by atoms with van der Waals surface area (Å²) in [5.41, 5.74) is 0. The first kappa shape index (κ1) is 41.7. The highest BCUT2D eigenvalue weighted by Crippen LogP contribution is 2.18. The Kier molecular flexibility index (Phi) is 34.1. The lowest BCUT2D eigenvalue weighted by Crippen LogP contribution is -2.18. The molecule has 0 fully saturated rings. The van der Waals surface area contributed by atoms with Crippen molar-refractivity contribution in [2.45, 2.75) is 225 Å². The van der Waals surface area contributed by atoms with Crippen LogP contribution in [0.1, 0.15) is 219 Å². The second-order valence-electron chi connectivity index (χ2n) is 13.1. The van der Waals surface area contributed by atoms with Gasteiger partial charge in [-0.3, -0.25) is 9.59 Å². The number of hydrogen-bond donors (Lipinski definition) is 1. The standard InChI is InChI=1S/C39H74O4/c1-3-5-7-9-11-13-14-15-16-17-18-19-20-21-22-23-24-25-27-29-31-36-39(42)43-37(34-32-35-38(40)41)33-30-28-26-12-10-8-6-4-2/h15-16,37H,3-14,17-36H2,1-2H3,(H,40,41)/b16-15-. The number of aliphatic carboxylic acids is 1. The molecule has 1 unspecified atom stereocenters. The lowest BCUT2D eigenvalue weighted by molar-refractivity contribution is -0.150. The molecule has 254 valence electrons. The van der Waals surface area contributed by atoms with Crippen LogP contribution in [0.25, 0.3) is 0 Å². The van der Waals surface area contributed by atoms with Crippen molar-refractivity contribution in [1.82, 2.24) is 0 Å². The summed E-state index contributed by atoms with van der Waals surface area (Å²) in [4.78, 5) is 23.4. The Hall–Kier alpha value is -1.32. The zero-order chi connectivity index (χ0) is 31.5. The SMILES string of the molecule is CCCCCCCC/C=C\CCCCCCCCCCCCCC(=O)OC(CCCCCCCCCC)CCCC(=O)O. The third-order valence-electron chi connectivity index (χ3n) is 8.74. The van der Waals surface area contributed by atoms with Crippen molar-refractivity contribution in [2.75, 3.05) is 0 Å². The smallest absolute Gasteiger partial charge is 0.306 e. The summed E-state index contributed by atoms with van der Waals surface area (Å²) in [5.74, 6) is -0.859. The summed E-state index contributed by atoms with van der Waals surface area (Å²) in [7, 11) is 0. The van der Waals surface area contributed by atoms with Gasteiger partial charge in [0.05, 0.1) is 0 Å². The minimum Gasteiger partial charge on any atom is -0.481 e. The average Bonchev–Trinajstić information content (AvgIpc) is 2.99. The molecular formula is C39H74O4. The van der Waals surface area contributed by atoms with E-state index in [-0.39, 0.29) is 18.5 Å². The van der Waals surface area contributed by atoms with Crippen LogP contribution in [0.4, 0.5) is 0 Å². The predicted molar refractivity (Wildman–Crippen MR) is 186 cm³/mol. The third kappa shape index (κ3) is 35.0. The molecule has 0 saturated carbocycles. The number of unbranched alkanes of at least 4 members (excludes halogenated alkanes) is 24. The highest BCUT2D eigenvalue weighted by molar-refractivity contribution is 5.69. The highest BCUT2D eigenvalue weighted by atomic mass is 16.5. The van der Waals surface area contributed by atoms with Gasteiger partial charge in [-0.05, 0) is 57.8 Å². The summed E-state index contributed by atoms with van der Waals surface area (Å²) in [6, 6.07) is 0. The Bertz CT molecular complexity index is 614. The second kappa shape index (κ2) is 35.2. The maximum absolute atomic E-state index is 12.4. The van der Waals surface area contributed by atoms with E-state index in [2.05, 4.69) is 26.0 Å². The number of esters is 1. The number of hydrogen-bond acceptors (Lipinski definition) is 3. The summed E-state index contributed by atoms with van der Waals surface area (Å²) >= 11 is 0. The van der Waals surface area contributed by atoms with Gasteiger partial charge in [-0.15, -0.1) is 0 Å². The van der Waals surface area contributed by atoms with Crippen molar-refractivity contribution in [1.29, 1.82) is 0 Å². The second-order valence-corrected chi connectivity index (χ2v) is 13.1. The van der Waals surface area contributed by atoms with E-state index in [1.807, 2.05) is 0 Å². The number of carboxylic acid groups (broad SMARTS) is 1. The molecule has 0 aromatic heterocycles. The Balaban J connectivity index is 3.66. The maximum atomic E-state index is 12.4. The predicted octanol–water partition coefficient (Wildman–Crippen LogP) is 13.1. The molecule has 0 aliphatic rings. The molecule has 1 atom stereocenters. The summed E-state index contributed by atoms with van der Waals surface area (Å²) in [6.45, 7) is 4.52. The molecule has 1 N–H and O–H groups in total. The van der Waals surface area contributed by atoms with E-state index in [0.29, 0.717) is 19.3 Å². The summed E-state index contributed by atoms with van der Waals surface area (Å²) in [6.07, 6.45) is 42.4. The van der Waals surface area contributed by atoms with Crippen LogP contribution in [0.2, 0.25) is 0 Å². The van der Waals surface area contributed by atoms with Crippen LogP contribution in [0.3, 0.4) is 0 Å². The first-order chi connectivity index (χ1) is 21.1. The first-order valence-electron chi connectivity index (χ1n) is 19.2. The first-order valence-corrected chi connectivity index (χ1v) is 19.2. The highest BCUT2D eigenvalue weighted by Gasteiger charge is 2.15. The van der Waals surface area contributed by atoms with Crippen LogP contribution in [-0.2, 0) is 14.3 Å². The van der Waals surface area contributed by atoms with Gasteiger partial charge in [-0.1, -0.05) is 161 Å². The molecule has 4 nitrogen and oxygen atoms in total. The van der Waals surface area contributed by atoms with E-state index in [4.69, 9.17) is 9.84 Å². The van der Waals surface area contributed by atoms with E-state index in [9.17, 15) is 9.59 Å². The molecular weight excluding hydrogens is 532 g/mol. The molecule has 0 bridgehead atoms. The van der Waals surface area contributed by atoms with Crippen LogP contribution < -0.4 is 0 Å². The fourth-order valence-electron chi connectivity index (χ4n) is 5.89. The molecule has 0 amide bonds. The maximum Gasteiger partial charge on any atom is 0.306 e. The number of carbonyl (C=O) groups is 2. The van der Waals surface area contributed by atoms with E-state index in [1.165, 1.54) is 154 Å². The van der Waals surface area contributed by atoms with Crippen LogP contribution in [0, 0.1) is 0 Å². The van der Waals surface area contributed by atoms with Gasteiger partial charge < -0.3 is 9.84 Å². The summed E-state index contributed by atoms with van der Waals surface area (Å²) in [5, 5.41) is 8.97. The molecule has 0 aromatic rings. The van der Waals surface area contributed by atoms with Gasteiger partial charge in [0.2, 0.25) is 0 Å². The van der Waals surface area contributed by atoms with Crippen LogP contribution in [0.15, 0.2) is 12.2 Å². The van der Waals surface area contributed by atoms with Gasteiger partial charge in [0.25, 0.3) is 0 Å². The van der Waals surface area contributed by atoms with Gasteiger partial charge >= 0.3 is 11.9 Å². The van der Waals surface area contributed by atoms with E-state index in [0.717, 1.165) is 25.7 Å². The van der Waals surface area contributed by atoms with E-state index < -0.39 is 5.97 Å². The number of carboxylic acids is 1. The fraction of sp³-hybridized carbons (Fsp3) is 0.897. The number of ether oxygens (including phenoxy) is 1. The Morgan fingerprint density at radius 1 is 0.488 bits per heavy atom. The Labute approximate surface area is 268 Å². The van der Waals surface area contributed by atoms with E-state index >= 15 is 0 Å². The number of allylic oxidation sites excluding steroid dienone is 2. The minimum atomic E-state index is -0.769. The Morgan fingerprint density at radius 3 is 1.30 bits per heavy atom. The van der Waals surface area contributed by atoms with E-state index in [1.54, 1.807) is 0 Å². The molecule has 0 saturated heterocycles. The molecule has 0 radical (unpaired) electrons. The van der Waals surface area contributed by atoms with Gasteiger partial charge in [-0.25, -0.2) is 0 Å². The topological polar surface area (TPSA) is 63.6 Å². The Morgan fingerprint density at radius 2 is 0.860 bits per heavy atom. The van der Waals surface area contributed by atoms with Crippen molar-refractivity contribution in [3.05, 3.63) is 12.2 Å². The number of rotatable bonds is 35. The van der Waals surface area contributed by atoms with Crippen LogP contribution in [0.5, 0.6) is 0 Å². The van der Waals surface area contributed by atoms with Crippen molar-refractivity contribution in [2.24, 2.45) is 0 Å². The molecule has 43 heavy (non-hydrogen) atoms. The molecule has 0 rings (SSSR count). The van der Waals surface area contributed by atoms with Gasteiger partial charge in [0.15, 0.2) is 0 Å². The lowest BCUT2D eigenvalue weighted by Gasteiger charge is -2.18. The zero-order valence-electron chi connectivity index (χ0n) is 29.0. The van der Waals surface area contributed by atoms with Crippen LogP contribution >= 0.6 is 0 Å². The van der Waals surface area contributed by atoms with Crippen molar-refractivity contribution >= 4 is 11.9 Å². The average molecular weight is 607 g/mol. The molecule has 0 heterocycles. The quantitative estimate of drug-likeness (QED) is 0.0443. The molecule has 4 heteroatoms. The monoisotopic (exact) mass is 607 g/mol. The van der Waals surface area contributed by atoms with Gasteiger partial charge in [-0.2, -0.15) is 0 Å². The fourth-order valence-corrected chi connectivity index (χ4v) is 5.89. The number of carbonyl (C=O) groups excluding carboxylic acids is 1. The lowest BCUT2D eigenvalue weighted by atomic mass is 10.0. The van der Waals surface area contributed by atoms with Crippen molar-refractivity contribution < 1.29 is 19.4 Å². The van der Waals surface area contributed by atoms with Gasteiger partial charge in [0.1, 0.15) is 6.10 Å². The van der Waals surface area contributed by atoms with Crippen molar-refractivity contribution in [3.8, 4) is 0 Å². The largest absolute Gasteiger partial charge is 0.481 e. The van der Waals surface area contributed by atoms with Gasteiger partial charge in [0, 0.05) is 12.8 Å². The van der Waals surface area contributed by atoms with Crippen LogP contribution in [-0.4, -0.2) is 23.1 Å². The normalized spacial score (nSPS) is 12.2. The van der Waals surface area contributed by atoms with Crippen molar-refractivity contribution in [3.63, 3.8) is 0 Å². The summed E-state index contributed by atoms with van der Waals surface area (Å²) < 4.78 is 5.80. The molecule has 0 spiro atoms. The molecule has 0 aliphatic heterocycles. The zero-order valence-corrected chi connectivity index (χ0v) is 29.0. The third-order valence-corrected chi connectivity index (χ3v) is 8.74. The minimum absolute atomic E-state index is 0.0896.